The Bertz CT molecular complexity index is 270. The molecule has 0 aliphatic carbocycles. The molecule has 4 nitrogen and oxygen atoms in total. The van der Waals surface area contributed by atoms with E-state index in [4.69, 9.17) is 0 Å². The molecule has 1 heterocycles. The van der Waals surface area contributed by atoms with Gasteiger partial charge in [0.2, 0.25) is 0 Å². The summed E-state index contributed by atoms with van der Waals surface area (Å²) in [5, 5.41) is 0. The lowest BCUT2D eigenvalue weighted by atomic mass is 10.3. The van der Waals surface area contributed by atoms with Crippen LogP contribution in [-0.4, -0.2) is 68.4 Å². The van der Waals surface area contributed by atoms with Gasteiger partial charge >= 0.3 is 0 Å². The molecule has 0 radical (unpaired) electrons. The largest absolute Gasteiger partial charge is 0.246 e. The summed E-state index contributed by atoms with van der Waals surface area (Å²) < 4.78 is 9.91. The van der Waals surface area contributed by atoms with Crippen molar-refractivity contribution in [2.45, 2.75) is 12.8 Å². The summed E-state index contributed by atoms with van der Waals surface area (Å²) in [5.41, 5.74) is 0. The minimum atomic E-state index is 1.15. The lowest BCUT2D eigenvalue weighted by Gasteiger charge is -2.26. The normalized spacial score (nSPS) is 24.0. The van der Waals surface area contributed by atoms with Crippen molar-refractivity contribution >= 4 is 114 Å². The highest BCUT2D eigenvalue weighted by Crippen LogP contribution is 2.24. The van der Waals surface area contributed by atoms with Crippen LogP contribution < -0.4 is 0 Å². The monoisotopic (exact) mass is 800 g/mol. The van der Waals surface area contributed by atoms with Gasteiger partial charge in [0, 0.05) is 139 Å². The van der Waals surface area contributed by atoms with E-state index in [0.717, 1.165) is 26.2 Å². The lowest BCUT2D eigenvalue weighted by molar-refractivity contribution is 0.339. The number of halogens is 4. The van der Waals surface area contributed by atoms with Gasteiger partial charge in [-0.15, -0.1) is 0 Å². The van der Waals surface area contributed by atoms with Crippen molar-refractivity contribution < 1.29 is 0 Å². The van der Waals surface area contributed by atoms with Gasteiger partial charge in [-0.05, 0) is 40.2 Å². The summed E-state index contributed by atoms with van der Waals surface area (Å²) >= 11 is 9.71. The van der Waals surface area contributed by atoms with Gasteiger partial charge in [-0.3, -0.25) is 0 Å². The first kappa shape index (κ1) is 22.9. The fourth-order valence-corrected chi connectivity index (χ4v) is 7.09. The molecule has 0 amide bonds. The molecule has 21 heavy (non-hydrogen) atoms. The zero-order valence-electron chi connectivity index (χ0n) is 11.6. The molecule has 0 saturated carbocycles. The molecule has 0 spiro atoms. The maximum Gasteiger partial charge on any atom is 0.0234 e. The Morgan fingerprint density at radius 3 is 1.33 bits per heavy atom. The Morgan fingerprint density at radius 2 is 0.905 bits per heavy atom. The molecule has 0 aromatic carbocycles. The van der Waals surface area contributed by atoms with Gasteiger partial charge in [0.05, 0.1) is 0 Å². The number of hydrogen-bond donors (Lipinski definition) is 0. The molecule has 1 aliphatic heterocycles. The van der Waals surface area contributed by atoms with Crippen molar-refractivity contribution in [3.63, 3.8) is 0 Å². The zero-order valence-corrected chi connectivity index (χ0v) is 22.7. The van der Waals surface area contributed by atoms with E-state index in [9.17, 15) is 0 Å². The molecule has 0 aromatic heterocycles. The van der Waals surface area contributed by atoms with Crippen LogP contribution in [0, 0.1) is 0 Å². The van der Waals surface area contributed by atoms with Crippen molar-refractivity contribution in [1.82, 2.24) is 16.0 Å². The standard InChI is InChI=1S/C10H20I4N4S3/c11-15-3-1-4-17(20-13)9-10-18(21-14)6-2-5-16(19-12)8-7-15/h1-10H2. The fourth-order valence-electron chi connectivity index (χ4n) is 1.94. The number of nitrogens with zero attached hydrogens (tertiary/aromatic N) is 4. The average Bonchev–Trinajstić information content (AvgIpc) is 2.50. The number of rotatable bonds is 3. The Labute approximate surface area is 192 Å². The third-order valence-electron chi connectivity index (χ3n) is 3.11. The molecule has 0 aromatic rings. The topological polar surface area (TPSA) is 13.0 Å². The van der Waals surface area contributed by atoms with Crippen LogP contribution in [0.2, 0.25) is 0 Å². The lowest BCUT2D eigenvalue weighted by Crippen LogP contribution is -2.33. The van der Waals surface area contributed by atoms with E-state index in [1.807, 2.05) is 27.4 Å². The highest BCUT2D eigenvalue weighted by Gasteiger charge is 2.13. The predicted octanol–water partition coefficient (Wildman–Crippen LogP) is 5.33. The van der Waals surface area contributed by atoms with Crippen LogP contribution in [0.25, 0.3) is 0 Å². The Morgan fingerprint density at radius 1 is 0.524 bits per heavy atom. The smallest absolute Gasteiger partial charge is 0.0234 e. The summed E-state index contributed by atoms with van der Waals surface area (Å²) in [6.45, 7) is 9.31. The summed E-state index contributed by atoms with van der Waals surface area (Å²) in [7, 11) is 5.56. The van der Waals surface area contributed by atoms with Crippen LogP contribution in [0.1, 0.15) is 12.8 Å². The molecule has 11 heteroatoms. The van der Waals surface area contributed by atoms with Gasteiger partial charge in [-0.1, -0.05) is 0 Å². The summed E-state index contributed by atoms with van der Waals surface area (Å²) in [5.74, 6) is 0. The van der Waals surface area contributed by atoms with E-state index in [1.165, 1.54) is 39.0 Å². The van der Waals surface area contributed by atoms with Gasteiger partial charge in [-0.25, -0.2) is 16.0 Å². The van der Waals surface area contributed by atoms with Crippen LogP contribution in [-0.2, 0) is 0 Å². The first-order chi connectivity index (χ1) is 10.2. The highest BCUT2D eigenvalue weighted by atomic mass is 127. The molecule has 126 valence electrons. The van der Waals surface area contributed by atoms with Crippen LogP contribution in [0.4, 0.5) is 0 Å². The van der Waals surface area contributed by atoms with E-state index in [2.05, 4.69) is 103 Å². The second-order valence-corrected chi connectivity index (χ2v) is 11.5. The van der Waals surface area contributed by atoms with Crippen molar-refractivity contribution in [2.24, 2.45) is 0 Å². The molecule has 1 fully saturated rings. The van der Waals surface area contributed by atoms with Crippen molar-refractivity contribution in [3.05, 3.63) is 0 Å². The van der Waals surface area contributed by atoms with E-state index in [1.54, 1.807) is 0 Å². The molecule has 1 rings (SSSR count). The fraction of sp³-hybridized carbons (Fsp3) is 1.00. The molecule has 1 saturated heterocycles. The Balaban J connectivity index is 2.51. The molecule has 0 unspecified atom stereocenters. The first-order valence-corrected chi connectivity index (χ1v) is 17.6. The van der Waals surface area contributed by atoms with Crippen LogP contribution in [0.5, 0.6) is 0 Å². The molecule has 0 N–H and O–H groups in total. The summed E-state index contributed by atoms with van der Waals surface area (Å²) in [6, 6.07) is 0. The molecule has 0 atom stereocenters. The van der Waals surface area contributed by atoms with Crippen LogP contribution in [0.3, 0.4) is 0 Å². The van der Waals surface area contributed by atoms with Gasteiger partial charge in [0.1, 0.15) is 0 Å². The number of hydrogen-bond acceptors (Lipinski definition) is 7. The molecule has 0 bridgehead atoms. The van der Waals surface area contributed by atoms with Crippen LogP contribution >= 0.6 is 114 Å². The van der Waals surface area contributed by atoms with Gasteiger partial charge < -0.3 is 0 Å². The maximum absolute atomic E-state index is 2.49. The van der Waals surface area contributed by atoms with Gasteiger partial charge in [0.25, 0.3) is 0 Å². The highest BCUT2D eigenvalue weighted by molar-refractivity contribution is 14.2. The Kier molecular flexibility index (Phi) is 16.2. The summed E-state index contributed by atoms with van der Waals surface area (Å²) in [4.78, 5) is 0. The quantitative estimate of drug-likeness (QED) is 0.215. The second-order valence-electron chi connectivity index (χ2n) is 4.61. The van der Waals surface area contributed by atoms with Gasteiger partial charge in [-0.2, -0.15) is 0 Å². The van der Waals surface area contributed by atoms with E-state index < -0.39 is 0 Å². The molecule has 1 aliphatic rings. The van der Waals surface area contributed by atoms with Crippen molar-refractivity contribution in [1.29, 1.82) is 0 Å². The first-order valence-electron chi connectivity index (χ1n) is 6.71. The van der Waals surface area contributed by atoms with E-state index in [-0.39, 0.29) is 0 Å². The zero-order chi connectivity index (χ0) is 15.5. The minimum Gasteiger partial charge on any atom is -0.246 e. The summed E-state index contributed by atoms with van der Waals surface area (Å²) in [6.07, 6.45) is 2.48. The molecular formula is C10H20I4N4S3. The van der Waals surface area contributed by atoms with E-state index in [0.29, 0.717) is 0 Å². The maximum atomic E-state index is 2.49. The SMILES string of the molecule is ISN1CCCN(SI)CCN(SI)CCCN(I)CC1. The Hall–Kier alpha value is 3.81. The van der Waals surface area contributed by atoms with Crippen molar-refractivity contribution in [2.75, 3.05) is 52.4 Å². The third-order valence-corrected chi connectivity index (χ3v) is 10.8. The van der Waals surface area contributed by atoms with Crippen LogP contribution in [0.15, 0.2) is 0 Å². The minimum absolute atomic E-state index is 1.15. The van der Waals surface area contributed by atoms with Gasteiger partial charge in [0.15, 0.2) is 0 Å². The van der Waals surface area contributed by atoms with E-state index >= 15 is 0 Å². The third kappa shape index (κ3) is 11.2. The second kappa shape index (κ2) is 14.9. The predicted molar refractivity (Wildman–Crippen MR) is 134 cm³/mol. The molecular weight excluding hydrogens is 780 g/mol. The van der Waals surface area contributed by atoms with Crippen molar-refractivity contribution in [3.8, 4) is 0 Å². The average molecular weight is 800 g/mol.